The van der Waals surface area contributed by atoms with Gasteiger partial charge in [0.25, 0.3) is 0 Å². The Hall–Kier alpha value is -2.87. The summed E-state index contributed by atoms with van der Waals surface area (Å²) in [6.07, 6.45) is 6.68. The highest BCUT2D eigenvalue weighted by Gasteiger charge is 2.65. The van der Waals surface area contributed by atoms with E-state index in [-0.39, 0.29) is 42.2 Å². The van der Waals surface area contributed by atoms with Crippen molar-refractivity contribution in [2.45, 2.75) is 69.1 Å². The van der Waals surface area contributed by atoms with Crippen molar-refractivity contribution in [3.8, 4) is 11.5 Å². The first kappa shape index (κ1) is 22.9. The fourth-order valence-corrected chi connectivity index (χ4v) is 6.40. The number of rotatable bonds is 7. The largest absolute Gasteiger partial charge is 0.481 e. The van der Waals surface area contributed by atoms with Crippen LogP contribution >= 0.6 is 0 Å². The van der Waals surface area contributed by atoms with Gasteiger partial charge in [-0.1, -0.05) is 12.1 Å². The first-order valence-corrected chi connectivity index (χ1v) is 12.0. The topological polar surface area (TPSA) is 91.4 Å². The van der Waals surface area contributed by atoms with Crippen molar-refractivity contribution in [2.75, 3.05) is 20.7 Å². The minimum absolute atomic E-state index is 0.229. The van der Waals surface area contributed by atoms with Crippen molar-refractivity contribution in [1.82, 2.24) is 4.90 Å². The molecule has 0 saturated carbocycles. The lowest BCUT2D eigenvalue weighted by molar-refractivity contribution is -0.155. The molecule has 1 aromatic rings. The van der Waals surface area contributed by atoms with Gasteiger partial charge in [-0.05, 0) is 57.0 Å². The van der Waals surface area contributed by atoms with Gasteiger partial charge in [0.2, 0.25) is 0 Å². The molecule has 1 spiro atoms. The number of nitrogens with zero attached hydrogens (tertiary/aromatic N) is 1. The molecule has 2 heterocycles. The summed E-state index contributed by atoms with van der Waals surface area (Å²) in [6, 6.07) is 4.20. The van der Waals surface area contributed by atoms with Crippen molar-refractivity contribution in [3.63, 3.8) is 0 Å². The summed E-state index contributed by atoms with van der Waals surface area (Å²) in [5.41, 5.74) is 2.01. The van der Waals surface area contributed by atoms with Crippen LogP contribution in [-0.2, 0) is 35.7 Å². The lowest BCUT2D eigenvalue weighted by Gasteiger charge is -2.56. The third-order valence-corrected chi connectivity index (χ3v) is 7.88. The minimum atomic E-state index is -0.531. The number of hydrogen-bond donors (Lipinski definition) is 0. The summed E-state index contributed by atoms with van der Waals surface area (Å²) >= 11 is 0. The average Bonchev–Trinajstić information content (AvgIpc) is 3.16. The van der Waals surface area contributed by atoms with Crippen LogP contribution in [0.5, 0.6) is 11.5 Å². The highest BCUT2D eigenvalue weighted by molar-refractivity contribution is 5.73. The zero-order valence-corrected chi connectivity index (χ0v) is 19.9. The van der Waals surface area contributed by atoms with Crippen LogP contribution in [0.25, 0.3) is 0 Å². The number of ether oxygens (including phenoxy) is 4. The Balaban J connectivity index is 1.42. The maximum Gasteiger partial charge on any atom is 0.308 e. The lowest BCUT2D eigenvalue weighted by Crippen LogP contribution is -2.65. The van der Waals surface area contributed by atoms with Gasteiger partial charge in [0.1, 0.15) is 6.10 Å². The molecule has 1 aromatic carbocycles. The number of likely N-dealkylation sites (tertiary alicyclic amines) is 1. The summed E-state index contributed by atoms with van der Waals surface area (Å²) in [5, 5.41) is 0. The monoisotopic (exact) mass is 469 g/mol. The van der Waals surface area contributed by atoms with Crippen LogP contribution in [0.3, 0.4) is 0 Å². The molecule has 0 radical (unpaired) electrons. The summed E-state index contributed by atoms with van der Waals surface area (Å²) in [7, 11) is 3.52. The van der Waals surface area contributed by atoms with Crippen molar-refractivity contribution >= 4 is 17.9 Å². The number of hydrogen-bond acceptors (Lipinski definition) is 8. The van der Waals surface area contributed by atoms with Gasteiger partial charge in [-0.15, -0.1) is 0 Å². The van der Waals surface area contributed by atoms with E-state index in [1.807, 2.05) is 18.2 Å². The molecule has 4 aliphatic rings. The van der Waals surface area contributed by atoms with E-state index < -0.39 is 12.1 Å². The molecule has 0 unspecified atom stereocenters. The maximum absolute atomic E-state index is 12.7. The molecule has 5 rings (SSSR count). The Morgan fingerprint density at radius 3 is 2.65 bits per heavy atom. The number of benzene rings is 1. The highest BCUT2D eigenvalue weighted by atomic mass is 16.6. The van der Waals surface area contributed by atoms with Crippen molar-refractivity contribution in [1.29, 1.82) is 0 Å². The normalized spacial score (nSPS) is 30.2. The summed E-state index contributed by atoms with van der Waals surface area (Å²) in [6.45, 7) is 2.30. The van der Waals surface area contributed by atoms with Gasteiger partial charge in [-0.3, -0.25) is 14.4 Å². The van der Waals surface area contributed by atoms with Crippen LogP contribution < -0.4 is 9.47 Å². The van der Waals surface area contributed by atoms with Crippen molar-refractivity contribution in [3.05, 3.63) is 35.4 Å². The lowest BCUT2D eigenvalue weighted by atomic mass is 9.53. The van der Waals surface area contributed by atoms with E-state index in [1.54, 1.807) is 0 Å². The number of carbonyl (C=O) groups excluding carboxylic acids is 3. The Labute approximate surface area is 199 Å². The smallest absolute Gasteiger partial charge is 0.308 e. The predicted octanol–water partition coefficient (Wildman–Crippen LogP) is 2.70. The van der Waals surface area contributed by atoms with Crippen LogP contribution in [-0.4, -0.2) is 61.8 Å². The quantitative estimate of drug-likeness (QED) is 0.261. The van der Waals surface area contributed by atoms with E-state index in [2.05, 4.69) is 22.8 Å². The Morgan fingerprint density at radius 2 is 1.91 bits per heavy atom. The molecule has 8 nitrogen and oxygen atoms in total. The molecule has 8 heteroatoms. The molecule has 0 N–H and O–H groups in total. The first-order valence-electron chi connectivity index (χ1n) is 12.0. The second-order valence-corrected chi connectivity index (χ2v) is 9.75. The second-order valence-electron chi connectivity index (χ2n) is 9.75. The summed E-state index contributed by atoms with van der Waals surface area (Å²) in [5.74, 6) is 0.294. The Kier molecular flexibility index (Phi) is 5.88. The maximum atomic E-state index is 12.7. The Bertz CT molecular complexity index is 1050. The van der Waals surface area contributed by atoms with Crippen LogP contribution in [0, 0.1) is 5.92 Å². The number of likely N-dealkylation sites (N-methyl/N-ethyl adjacent to an activating group) is 1. The van der Waals surface area contributed by atoms with Gasteiger partial charge < -0.3 is 23.8 Å². The number of methoxy groups -OCH3 is 1. The third-order valence-electron chi connectivity index (χ3n) is 7.88. The Morgan fingerprint density at radius 1 is 1.15 bits per heavy atom. The van der Waals surface area contributed by atoms with Crippen LogP contribution in [0.4, 0.5) is 0 Å². The van der Waals surface area contributed by atoms with E-state index in [1.165, 1.54) is 19.6 Å². The van der Waals surface area contributed by atoms with Crippen molar-refractivity contribution < 1.29 is 33.3 Å². The molecule has 0 amide bonds. The zero-order chi connectivity index (χ0) is 24.0. The van der Waals surface area contributed by atoms with Crippen LogP contribution in [0.1, 0.15) is 50.2 Å². The van der Waals surface area contributed by atoms with Crippen molar-refractivity contribution in [2.24, 2.45) is 5.92 Å². The minimum Gasteiger partial charge on any atom is -0.481 e. The number of piperidine rings is 1. The van der Waals surface area contributed by atoms with Gasteiger partial charge in [-0.25, -0.2) is 0 Å². The SMILES string of the molecule is COC(=O)CCCCC(=O)O[C@H]1C=C[C@H]2[C@H]3Cc4ccc(OC(C)=O)c5c4[C@@]2(CCN3C)[C@H]1O5. The number of unbranched alkanes of at least 4 members (excludes halogenated alkanes) is 1. The standard InChI is InChI=1S/C26H31NO7/c1-15(28)32-19-10-8-16-14-18-17-9-11-20(33-22(30)7-5-4-6-21(29)31-3)25-26(17,12-13-27(18)2)23(16)24(19)34-25/h8-11,17-18,20,25H,4-7,12-14H2,1-3H3/t17-,18+,20-,25-,26-/m0/s1. The molecule has 1 saturated heterocycles. The molecule has 1 fully saturated rings. The molecular formula is C26H31NO7. The van der Waals surface area contributed by atoms with Gasteiger partial charge in [0, 0.05) is 42.7 Å². The molecule has 182 valence electrons. The molecule has 5 atom stereocenters. The van der Waals surface area contributed by atoms with Gasteiger partial charge in [-0.2, -0.15) is 0 Å². The molecule has 2 aliphatic carbocycles. The van der Waals surface area contributed by atoms with E-state index >= 15 is 0 Å². The van der Waals surface area contributed by atoms with E-state index in [4.69, 9.17) is 14.2 Å². The molecular weight excluding hydrogens is 438 g/mol. The third kappa shape index (κ3) is 3.59. The zero-order valence-electron chi connectivity index (χ0n) is 19.9. The van der Waals surface area contributed by atoms with E-state index in [0.717, 1.165) is 24.9 Å². The molecule has 2 aliphatic heterocycles. The number of esters is 3. The van der Waals surface area contributed by atoms with Crippen LogP contribution in [0.15, 0.2) is 24.3 Å². The van der Waals surface area contributed by atoms with Gasteiger partial charge in [0.15, 0.2) is 17.6 Å². The second kappa shape index (κ2) is 8.73. The fourth-order valence-electron chi connectivity index (χ4n) is 6.40. The van der Waals surface area contributed by atoms with Gasteiger partial charge in [0.05, 0.1) is 7.11 Å². The number of carbonyl (C=O) groups is 3. The summed E-state index contributed by atoms with van der Waals surface area (Å²) in [4.78, 5) is 38.1. The molecule has 0 aromatic heterocycles. The van der Waals surface area contributed by atoms with Gasteiger partial charge >= 0.3 is 17.9 Å². The fraction of sp³-hybridized carbons (Fsp3) is 0.577. The van der Waals surface area contributed by atoms with E-state index in [0.29, 0.717) is 30.4 Å². The molecule has 34 heavy (non-hydrogen) atoms. The predicted molar refractivity (Wildman–Crippen MR) is 122 cm³/mol. The van der Waals surface area contributed by atoms with Crippen LogP contribution in [0.2, 0.25) is 0 Å². The summed E-state index contributed by atoms with van der Waals surface area (Å²) < 4.78 is 22.6. The molecule has 2 bridgehead atoms. The highest BCUT2D eigenvalue weighted by Crippen LogP contribution is 2.62. The average molecular weight is 470 g/mol. The van der Waals surface area contributed by atoms with E-state index in [9.17, 15) is 14.4 Å². The first-order chi connectivity index (χ1) is 16.3.